The average Bonchev–Trinajstić information content (AvgIpc) is 2.86. The highest BCUT2D eigenvalue weighted by molar-refractivity contribution is 6.17. The second-order valence-corrected chi connectivity index (χ2v) is 4.65. The van der Waals surface area contributed by atoms with Gasteiger partial charge < -0.3 is 4.57 Å². The van der Waals surface area contributed by atoms with Gasteiger partial charge in [-0.2, -0.15) is 0 Å². The number of pyridine rings is 1. The third-order valence-corrected chi connectivity index (χ3v) is 3.51. The van der Waals surface area contributed by atoms with Crippen LogP contribution in [0.4, 0.5) is 0 Å². The Morgan fingerprint density at radius 3 is 2.95 bits per heavy atom. The molecule has 96 valence electrons. The largest absolute Gasteiger partial charge is 0.324 e. The van der Waals surface area contributed by atoms with Gasteiger partial charge in [0.25, 0.3) is 0 Å². The molecule has 0 bridgehead atoms. The van der Waals surface area contributed by atoms with Crippen molar-refractivity contribution in [3.8, 4) is 11.4 Å². The van der Waals surface area contributed by atoms with Gasteiger partial charge in [-0.15, -0.1) is 11.6 Å². The molecule has 0 atom stereocenters. The first-order valence-electron chi connectivity index (χ1n) is 6.29. The molecule has 0 unspecified atom stereocenters. The number of benzene rings is 1. The van der Waals surface area contributed by atoms with Gasteiger partial charge in [-0.25, -0.2) is 4.98 Å². The summed E-state index contributed by atoms with van der Waals surface area (Å²) in [5, 5.41) is 0. The molecule has 0 radical (unpaired) electrons. The van der Waals surface area contributed by atoms with E-state index in [0.29, 0.717) is 5.88 Å². The van der Waals surface area contributed by atoms with Crippen molar-refractivity contribution in [2.24, 2.45) is 0 Å². The molecule has 0 aliphatic heterocycles. The summed E-state index contributed by atoms with van der Waals surface area (Å²) in [7, 11) is 0. The molecule has 0 aliphatic carbocycles. The Morgan fingerprint density at radius 1 is 1.26 bits per heavy atom. The first-order chi connectivity index (χ1) is 9.33. The molecule has 0 saturated carbocycles. The van der Waals surface area contributed by atoms with E-state index in [2.05, 4.69) is 33.6 Å². The van der Waals surface area contributed by atoms with Crippen molar-refractivity contribution in [2.75, 3.05) is 0 Å². The molecule has 0 fully saturated rings. The number of aryl methyl sites for hydroxylation is 1. The molecule has 19 heavy (non-hydrogen) atoms. The number of aromatic nitrogens is 3. The first kappa shape index (κ1) is 12.2. The van der Waals surface area contributed by atoms with Gasteiger partial charge in [-0.3, -0.25) is 4.98 Å². The van der Waals surface area contributed by atoms with Crippen LogP contribution in [0, 0.1) is 0 Å². The molecule has 3 rings (SSSR count). The zero-order valence-electron chi connectivity index (χ0n) is 10.7. The highest BCUT2D eigenvalue weighted by Gasteiger charge is 2.11. The number of nitrogens with zero attached hydrogens (tertiary/aromatic N) is 3. The topological polar surface area (TPSA) is 30.7 Å². The molecular weight excluding hydrogens is 258 g/mol. The van der Waals surface area contributed by atoms with E-state index < -0.39 is 0 Å². The van der Waals surface area contributed by atoms with Gasteiger partial charge in [-0.1, -0.05) is 18.2 Å². The molecule has 3 nitrogen and oxygen atoms in total. The van der Waals surface area contributed by atoms with Crippen LogP contribution >= 0.6 is 11.6 Å². The van der Waals surface area contributed by atoms with Crippen LogP contribution in [0.3, 0.4) is 0 Å². The lowest BCUT2D eigenvalue weighted by atomic mass is 10.1. The van der Waals surface area contributed by atoms with Crippen LogP contribution in [0.5, 0.6) is 0 Å². The number of hydrogen-bond donors (Lipinski definition) is 0. The van der Waals surface area contributed by atoms with Crippen molar-refractivity contribution >= 4 is 22.6 Å². The predicted molar refractivity (Wildman–Crippen MR) is 78.2 cm³/mol. The SMILES string of the molecule is CCn1c(-c2cccc(CCl)c2)nc2cnccc21. The van der Waals surface area contributed by atoms with Crippen molar-refractivity contribution in [3.63, 3.8) is 0 Å². The van der Waals surface area contributed by atoms with Crippen LogP contribution in [0.2, 0.25) is 0 Å². The summed E-state index contributed by atoms with van der Waals surface area (Å²) < 4.78 is 2.20. The quantitative estimate of drug-likeness (QED) is 0.677. The molecule has 0 aliphatic rings. The van der Waals surface area contributed by atoms with E-state index in [1.165, 1.54) is 0 Å². The lowest BCUT2D eigenvalue weighted by Gasteiger charge is -2.07. The third kappa shape index (κ3) is 2.10. The summed E-state index contributed by atoms with van der Waals surface area (Å²) in [5.41, 5.74) is 4.24. The van der Waals surface area contributed by atoms with Crippen molar-refractivity contribution in [2.45, 2.75) is 19.3 Å². The standard InChI is InChI=1S/C15H14ClN3/c1-2-19-14-6-7-17-10-13(14)18-15(19)12-5-3-4-11(8-12)9-16/h3-8,10H,2,9H2,1H3. The number of halogens is 1. The molecule has 0 saturated heterocycles. The summed E-state index contributed by atoms with van der Waals surface area (Å²) in [6, 6.07) is 10.2. The Morgan fingerprint density at radius 2 is 2.16 bits per heavy atom. The Labute approximate surface area is 116 Å². The van der Waals surface area contributed by atoms with Gasteiger partial charge in [0.2, 0.25) is 0 Å². The van der Waals surface area contributed by atoms with E-state index in [1.807, 2.05) is 18.2 Å². The summed E-state index contributed by atoms with van der Waals surface area (Å²) >= 11 is 5.90. The molecule has 3 aromatic rings. The lowest BCUT2D eigenvalue weighted by molar-refractivity contribution is 0.796. The highest BCUT2D eigenvalue weighted by Crippen LogP contribution is 2.25. The highest BCUT2D eigenvalue weighted by atomic mass is 35.5. The van der Waals surface area contributed by atoms with Crippen LogP contribution < -0.4 is 0 Å². The van der Waals surface area contributed by atoms with E-state index in [0.717, 1.165) is 34.5 Å². The second kappa shape index (κ2) is 5.02. The third-order valence-electron chi connectivity index (χ3n) is 3.21. The van der Waals surface area contributed by atoms with Gasteiger partial charge in [0, 0.05) is 24.2 Å². The van der Waals surface area contributed by atoms with E-state index in [-0.39, 0.29) is 0 Å². The summed E-state index contributed by atoms with van der Waals surface area (Å²) in [6.07, 6.45) is 3.60. The van der Waals surface area contributed by atoms with E-state index in [9.17, 15) is 0 Å². The van der Waals surface area contributed by atoms with Crippen molar-refractivity contribution in [3.05, 3.63) is 48.3 Å². The maximum absolute atomic E-state index is 5.90. The molecule has 2 heterocycles. The van der Waals surface area contributed by atoms with Crippen LogP contribution in [0.1, 0.15) is 12.5 Å². The Bertz CT molecular complexity index is 718. The fourth-order valence-electron chi connectivity index (χ4n) is 2.32. The molecule has 1 aromatic carbocycles. The molecule has 0 spiro atoms. The van der Waals surface area contributed by atoms with Gasteiger partial charge >= 0.3 is 0 Å². The monoisotopic (exact) mass is 271 g/mol. The van der Waals surface area contributed by atoms with Crippen LogP contribution in [0.15, 0.2) is 42.7 Å². The Kier molecular flexibility index (Phi) is 3.22. The van der Waals surface area contributed by atoms with Gasteiger partial charge in [0.15, 0.2) is 0 Å². The number of rotatable bonds is 3. The fourth-order valence-corrected chi connectivity index (χ4v) is 2.48. The molecule has 0 amide bonds. The normalized spacial score (nSPS) is 11.1. The number of alkyl halides is 1. The van der Waals surface area contributed by atoms with E-state index >= 15 is 0 Å². The summed E-state index contributed by atoms with van der Waals surface area (Å²) in [6.45, 7) is 3.00. The van der Waals surface area contributed by atoms with Crippen LogP contribution in [0.25, 0.3) is 22.4 Å². The summed E-state index contributed by atoms with van der Waals surface area (Å²) in [5.74, 6) is 1.49. The number of hydrogen-bond acceptors (Lipinski definition) is 2. The van der Waals surface area contributed by atoms with E-state index in [4.69, 9.17) is 11.6 Å². The average molecular weight is 272 g/mol. The second-order valence-electron chi connectivity index (χ2n) is 4.38. The summed E-state index contributed by atoms with van der Waals surface area (Å²) in [4.78, 5) is 8.82. The van der Waals surface area contributed by atoms with Gasteiger partial charge in [-0.05, 0) is 24.6 Å². The molecule has 2 aromatic heterocycles. The fraction of sp³-hybridized carbons (Fsp3) is 0.200. The number of fused-ring (bicyclic) bond motifs is 1. The van der Waals surface area contributed by atoms with E-state index in [1.54, 1.807) is 12.4 Å². The molecule has 4 heteroatoms. The Hall–Kier alpha value is -1.87. The maximum Gasteiger partial charge on any atom is 0.141 e. The molecule has 0 N–H and O–H groups in total. The van der Waals surface area contributed by atoms with Crippen molar-refractivity contribution < 1.29 is 0 Å². The minimum absolute atomic E-state index is 0.516. The number of imidazole rings is 1. The predicted octanol–water partition coefficient (Wildman–Crippen LogP) is 3.86. The zero-order chi connectivity index (χ0) is 13.2. The first-order valence-corrected chi connectivity index (χ1v) is 6.82. The maximum atomic E-state index is 5.90. The molecular formula is C15H14ClN3. The van der Waals surface area contributed by atoms with Gasteiger partial charge in [0.1, 0.15) is 11.3 Å². The zero-order valence-corrected chi connectivity index (χ0v) is 11.4. The van der Waals surface area contributed by atoms with Crippen LogP contribution in [-0.4, -0.2) is 14.5 Å². The minimum atomic E-state index is 0.516. The van der Waals surface area contributed by atoms with Crippen molar-refractivity contribution in [1.82, 2.24) is 14.5 Å². The lowest BCUT2D eigenvalue weighted by Crippen LogP contribution is -1.97. The Balaban J connectivity index is 2.23. The van der Waals surface area contributed by atoms with Gasteiger partial charge in [0.05, 0.1) is 11.7 Å². The minimum Gasteiger partial charge on any atom is -0.324 e. The van der Waals surface area contributed by atoms with Crippen LogP contribution in [-0.2, 0) is 12.4 Å². The smallest absolute Gasteiger partial charge is 0.141 e. The van der Waals surface area contributed by atoms with Crippen molar-refractivity contribution in [1.29, 1.82) is 0 Å².